The van der Waals surface area contributed by atoms with Gasteiger partial charge in [0.2, 0.25) is 0 Å². The van der Waals surface area contributed by atoms with Gasteiger partial charge in [-0.25, -0.2) is 4.21 Å². The highest BCUT2D eigenvalue weighted by Crippen LogP contribution is 2.30. The number of aryl methyl sites for hydroxylation is 2. The zero-order chi connectivity index (χ0) is 10.2. The molecule has 1 aliphatic rings. The van der Waals surface area contributed by atoms with Gasteiger partial charge < -0.3 is 0 Å². The average Bonchev–Trinajstić information content (AvgIpc) is 2.61. The van der Waals surface area contributed by atoms with E-state index in [9.17, 15) is 4.21 Å². The number of thiophene rings is 1. The standard InChI is InChI=1S/C10H15NOS2/c1-8-7-10(9(2)13-8)11-14(12)5-3-4-6-14/h7H,3-6H2,1-2H3. The van der Waals surface area contributed by atoms with Gasteiger partial charge in [0.05, 0.1) is 15.4 Å². The van der Waals surface area contributed by atoms with Crippen molar-refractivity contribution in [1.82, 2.24) is 0 Å². The van der Waals surface area contributed by atoms with Crippen molar-refractivity contribution in [3.05, 3.63) is 15.8 Å². The Morgan fingerprint density at radius 1 is 1.36 bits per heavy atom. The van der Waals surface area contributed by atoms with Crippen molar-refractivity contribution in [2.45, 2.75) is 26.7 Å². The van der Waals surface area contributed by atoms with Crippen LogP contribution in [-0.2, 0) is 9.73 Å². The van der Waals surface area contributed by atoms with Crippen molar-refractivity contribution < 1.29 is 4.21 Å². The molecular weight excluding hydrogens is 214 g/mol. The molecule has 0 N–H and O–H groups in total. The predicted octanol–water partition coefficient (Wildman–Crippen LogP) is 3.26. The summed E-state index contributed by atoms with van der Waals surface area (Å²) in [6.45, 7) is 4.12. The van der Waals surface area contributed by atoms with E-state index in [-0.39, 0.29) is 0 Å². The minimum absolute atomic E-state index is 0.793. The van der Waals surface area contributed by atoms with Crippen LogP contribution in [0.2, 0.25) is 0 Å². The molecule has 2 nitrogen and oxygen atoms in total. The molecule has 0 aromatic carbocycles. The Hall–Kier alpha value is -0.350. The third-order valence-electron chi connectivity index (χ3n) is 2.46. The van der Waals surface area contributed by atoms with Gasteiger partial charge in [-0.3, -0.25) is 0 Å². The van der Waals surface area contributed by atoms with Gasteiger partial charge in [0.15, 0.2) is 0 Å². The quantitative estimate of drug-likeness (QED) is 0.727. The molecule has 4 heteroatoms. The number of hydrogen-bond acceptors (Lipinski definition) is 3. The van der Waals surface area contributed by atoms with E-state index in [1.54, 1.807) is 11.3 Å². The fourth-order valence-electron chi connectivity index (χ4n) is 1.74. The van der Waals surface area contributed by atoms with E-state index in [0.717, 1.165) is 30.0 Å². The molecule has 0 radical (unpaired) electrons. The van der Waals surface area contributed by atoms with Gasteiger partial charge >= 0.3 is 0 Å². The van der Waals surface area contributed by atoms with Crippen molar-refractivity contribution in [2.75, 3.05) is 11.5 Å². The van der Waals surface area contributed by atoms with Gasteiger partial charge in [0.1, 0.15) is 0 Å². The molecule has 1 saturated heterocycles. The van der Waals surface area contributed by atoms with E-state index in [1.165, 1.54) is 9.75 Å². The lowest BCUT2D eigenvalue weighted by molar-refractivity contribution is 0.681. The summed E-state index contributed by atoms with van der Waals surface area (Å²) in [4.78, 5) is 2.44. The summed E-state index contributed by atoms with van der Waals surface area (Å²) in [5.41, 5.74) is 0.958. The maximum absolute atomic E-state index is 12.2. The maximum atomic E-state index is 12.2. The van der Waals surface area contributed by atoms with E-state index in [1.807, 2.05) is 13.0 Å². The maximum Gasteiger partial charge on any atom is 0.0869 e. The van der Waals surface area contributed by atoms with Crippen molar-refractivity contribution in [1.29, 1.82) is 0 Å². The Bertz CT molecular complexity index is 441. The van der Waals surface area contributed by atoms with Crippen LogP contribution < -0.4 is 0 Å². The van der Waals surface area contributed by atoms with Crippen LogP contribution in [0, 0.1) is 13.8 Å². The van der Waals surface area contributed by atoms with Crippen LogP contribution in [0.4, 0.5) is 5.69 Å². The van der Waals surface area contributed by atoms with Crippen molar-refractivity contribution in [3.8, 4) is 0 Å². The molecule has 78 valence electrons. The fourth-order valence-corrected chi connectivity index (χ4v) is 4.90. The summed E-state index contributed by atoms with van der Waals surface area (Å²) >= 11 is 1.73. The third-order valence-corrected chi connectivity index (χ3v) is 5.79. The second-order valence-corrected chi connectivity index (χ2v) is 7.78. The normalized spacial score (nSPS) is 19.9. The molecule has 1 aromatic rings. The summed E-state index contributed by atoms with van der Waals surface area (Å²) in [5.74, 6) is 1.59. The minimum Gasteiger partial charge on any atom is -0.249 e. The highest BCUT2D eigenvalue weighted by molar-refractivity contribution is 7.93. The van der Waals surface area contributed by atoms with Crippen molar-refractivity contribution in [2.24, 2.45) is 4.36 Å². The van der Waals surface area contributed by atoms with Crippen LogP contribution in [0.3, 0.4) is 0 Å². The Labute approximate surface area is 89.5 Å². The predicted molar refractivity (Wildman–Crippen MR) is 63.0 cm³/mol. The second-order valence-electron chi connectivity index (χ2n) is 3.78. The van der Waals surface area contributed by atoms with Crippen molar-refractivity contribution in [3.63, 3.8) is 0 Å². The molecule has 2 heterocycles. The molecular formula is C10H15NOS2. The first-order valence-electron chi connectivity index (χ1n) is 4.89. The van der Waals surface area contributed by atoms with E-state index in [2.05, 4.69) is 11.3 Å². The van der Waals surface area contributed by atoms with Crippen LogP contribution in [-0.4, -0.2) is 15.7 Å². The highest BCUT2D eigenvalue weighted by Gasteiger charge is 2.17. The molecule has 0 saturated carbocycles. The number of rotatable bonds is 1. The molecule has 0 spiro atoms. The summed E-state index contributed by atoms with van der Waals surface area (Å²) < 4.78 is 16.6. The molecule has 0 bridgehead atoms. The van der Waals surface area contributed by atoms with Gasteiger partial charge in [-0.15, -0.1) is 11.3 Å². The second kappa shape index (κ2) is 3.66. The smallest absolute Gasteiger partial charge is 0.0869 e. The Kier molecular flexibility index (Phi) is 2.66. The topological polar surface area (TPSA) is 29.4 Å². The van der Waals surface area contributed by atoms with Crippen LogP contribution in [0.15, 0.2) is 10.4 Å². The molecule has 0 unspecified atom stereocenters. The van der Waals surface area contributed by atoms with Crippen LogP contribution in [0.25, 0.3) is 0 Å². The van der Waals surface area contributed by atoms with Gasteiger partial charge in [-0.2, -0.15) is 4.36 Å². The summed E-state index contributed by atoms with van der Waals surface area (Å²) in [7, 11) is -1.88. The highest BCUT2D eigenvalue weighted by atomic mass is 32.2. The Balaban J connectivity index is 2.42. The molecule has 14 heavy (non-hydrogen) atoms. The molecule has 1 aliphatic heterocycles. The third kappa shape index (κ3) is 2.01. The van der Waals surface area contributed by atoms with Gasteiger partial charge in [0, 0.05) is 21.3 Å². The zero-order valence-electron chi connectivity index (χ0n) is 8.58. The van der Waals surface area contributed by atoms with Crippen LogP contribution in [0.5, 0.6) is 0 Å². The van der Waals surface area contributed by atoms with E-state index in [0.29, 0.717) is 0 Å². The first-order chi connectivity index (χ1) is 6.59. The SMILES string of the molecule is Cc1cc(N=S2(=O)CCCC2)c(C)s1. The number of nitrogens with zero attached hydrogens (tertiary/aromatic N) is 1. The van der Waals surface area contributed by atoms with Crippen LogP contribution >= 0.6 is 11.3 Å². The lowest BCUT2D eigenvalue weighted by atomic mass is 10.4. The summed E-state index contributed by atoms with van der Waals surface area (Å²) in [6, 6.07) is 2.05. The molecule has 1 fully saturated rings. The minimum atomic E-state index is -1.88. The van der Waals surface area contributed by atoms with E-state index < -0.39 is 9.73 Å². The molecule has 2 rings (SSSR count). The lowest BCUT2D eigenvalue weighted by Gasteiger charge is -1.98. The van der Waals surface area contributed by atoms with E-state index in [4.69, 9.17) is 0 Å². The molecule has 1 aromatic heterocycles. The fraction of sp³-hybridized carbons (Fsp3) is 0.600. The first kappa shape index (κ1) is 10.2. The Morgan fingerprint density at radius 2 is 2.00 bits per heavy atom. The van der Waals surface area contributed by atoms with Gasteiger partial charge in [-0.1, -0.05) is 0 Å². The lowest BCUT2D eigenvalue weighted by Crippen LogP contribution is -1.99. The largest absolute Gasteiger partial charge is 0.249 e. The van der Waals surface area contributed by atoms with Gasteiger partial charge in [0.25, 0.3) is 0 Å². The summed E-state index contributed by atoms with van der Waals surface area (Å²) in [6.07, 6.45) is 2.15. The van der Waals surface area contributed by atoms with Crippen LogP contribution in [0.1, 0.15) is 22.6 Å². The monoisotopic (exact) mass is 229 g/mol. The molecule has 0 aliphatic carbocycles. The van der Waals surface area contributed by atoms with Gasteiger partial charge in [-0.05, 0) is 32.8 Å². The van der Waals surface area contributed by atoms with E-state index >= 15 is 0 Å². The summed E-state index contributed by atoms with van der Waals surface area (Å²) in [5, 5.41) is 0. The first-order valence-corrected chi connectivity index (χ1v) is 7.56. The van der Waals surface area contributed by atoms with Crippen molar-refractivity contribution >= 4 is 26.8 Å². The average molecular weight is 229 g/mol. The Morgan fingerprint density at radius 3 is 2.50 bits per heavy atom. The zero-order valence-corrected chi connectivity index (χ0v) is 10.2. The number of hydrogen-bond donors (Lipinski definition) is 0. The molecule has 0 amide bonds. The molecule has 0 atom stereocenters.